The quantitative estimate of drug-likeness (QED) is 0.396. The number of Topliss-reactive ketones (excluding diaryl/α,β-unsaturated/α-hetero) is 1. The van der Waals surface area contributed by atoms with E-state index in [-0.39, 0.29) is 29.8 Å². The molecule has 0 aromatic heterocycles. The first-order chi connectivity index (χ1) is 12.0. The predicted molar refractivity (Wildman–Crippen MR) is 99.0 cm³/mol. The van der Waals surface area contributed by atoms with Gasteiger partial charge in [0.15, 0.2) is 5.78 Å². The molecule has 3 rings (SSSR count). The van der Waals surface area contributed by atoms with E-state index in [4.69, 9.17) is 0 Å². The molecule has 0 bridgehead atoms. The van der Waals surface area contributed by atoms with Crippen LogP contribution in [-0.4, -0.2) is 40.8 Å². The lowest BCUT2D eigenvalue weighted by atomic mass is 10.0. The number of anilines is 1. The van der Waals surface area contributed by atoms with E-state index in [1.165, 1.54) is 6.92 Å². The second-order valence-electron chi connectivity index (χ2n) is 6.55. The summed E-state index contributed by atoms with van der Waals surface area (Å²) in [6.45, 7) is 1.51. The van der Waals surface area contributed by atoms with Crippen molar-refractivity contribution >= 4 is 35.2 Å². The highest BCUT2D eigenvalue weighted by Gasteiger charge is 2.42. The summed E-state index contributed by atoms with van der Waals surface area (Å²) >= 11 is 1.89. The number of unbranched alkanes of at least 4 members (excludes halogenated alkanes) is 1. The number of ketones is 1. The minimum atomic E-state index is -0.0625. The third-order valence-corrected chi connectivity index (χ3v) is 6.14. The average molecular weight is 361 g/mol. The van der Waals surface area contributed by atoms with Crippen LogP contribution in [0.3, 0.4) is 0 Å². The van der Waals surface area contributed by atoms with Gasteiger partial charge in [0, 0.05) is 28.7 Å². The molecular weight excluding hydrogens is 338 g/mol. The summed E-state index contributed by atoms with van der Waals surface area (Å²) in [6.07, 6.45) is 3.23. The van der Waals surface area contributed by atoms with Crippen LogP contribution in [0.15, 0.2) is 24.3 Å². The Bertz CT molecular complexity index is 679. The molecule has 2 heterocycles. The van der Waals surface area contributed by atoms with Crippen molar-refractivity contribution < 1.29 is 14.4 Å². The summed E-state index contributed by atoms with van der Waals surface area (Å²) in [5.41, 5.74) is 1.25. The Balaban J connectivity index is 1.38. The lowest BCUT2D eigenvalue weighted by Crippen LogP contribution is -2.36. The maximum Gasteiger partial charge on any atom is 0.315 e. The lowest BCUT2D eigenvalue weighted by molar-refractivity contribution is -0.116. The number of carbonyl (C=O) groups is 3. The molecule has 3 atom stereocenters. The highest BCUT2D eigenvalue weighted by atomic mass is 32.2. The van der Waals surface area contributed by atoms with Crippen LogP contribution in [0.5, 0.6) is 0 Å². The zero-order chi connectivity index (χ0) is 17.8. The Morgan fingerprint density at radius 1 is 1.28 bits per heavy atom. The van der Waals surface area contributed by atoms with Gasteiger partial charge in [0.05, 0.1) is 12.1 Å². The maximum atomic E-state index is 12.0. The average Bonchev–Trinajstić information content (AvgIpc) is 3.11. The van der Waals surface area contributed by atoms with E-state index < -0.39 is 0 Å². The molecule has 134 valence electrons. The maximum absolute atomic E-state index is 12.0. The molecule has 1 aromatic rings. The van der Waals surface area contributed by atoms with Crippen molar-refractivity contribution in [1.29, 1.82) is 0 Å². The molecule has 3 amide bonds. The fourth-order valence-electron chi connectivity index (χ4n) is 3.31. The highest BCUT2D eigenvalue weighted by Crippen LogP contribution is 2.33. The van der Waals surface area contributed by atoms with E-state index in [1.54, 1.807) is 24.3 Å². The molecule has 2 aliphatic rings. The smallest absolute Gasteiger partial charge is 0.315 e. The van der Waals surface area contributed by atoms with Crippen LogP contribution in [0, 0.1) is 0 Å². The number of fused-ring (bicyclic) bond motifs is 1. The van der Waals surface area contributed by atoms with E-state index in [9.17, 15) is 14.4 Å². The molecule has 0 saturated carbocycles. The normalized spacial score (nSPS) is 24.4. The summed E-state index contributed by atoms with van der Waals surface area (Å²) in [5, 5.41) is 9.20. The Morgan fingerprint density at radius 2 is 2.12 bits per heavy atom. The van der Waals surface area contributed by atoms with Gasteiger partial charge in [0.25, 0.3) is 0 Å². The van der Waals surface area contributed by atoms with Gasteiger partial charge in [0.2, 0.25) is 5.91 Å². The summed E-state index contributed by atoms with van der Waals surface area (Å²) in [6, 6.07) is 7.40. The van der Waals surface area contributed by atoms with Crippen LogP contribution >= 0.6 is 11.8 Å². The molecule has 6 nitrogen and oxygen atoms in total. The van der Waals surface area contributed by atoms with E-state index in [1.807, 2.05) is 11.8 Å². The third kappa shape index (κ3) is 4.54. The zero-order valence-electron chi connectivity index (χ0n) is 14.2. The van der Waals surface area contributed by atoms with Crippen LogP contribution < -0.4 is 16.0 Å². The van der Waals surface area contributed by atoms with Crippen molar-refractivity contribution in [2.24, 2.45) is 0 Å². The fourth-order valence-corrected chi connectivity index (χ4v) is 4.86. The van der Waals surface area contributed by atoms with Crippen LogP contribution in [-0.2, 0) is 4.79 Å². The van der Waals surface area contributed by atoms with Crippen molar-refractivity contribution in [3.63, 3.8) is 0 Å². The third-order valence-electron chi connectivity index (χ3n) is 4.63. The first kappa shape index (κ1) is 17.8. The first-order valence-electron chi connectivity index (χ1n) is 8.62. The Kier molecular flexibility index (Phi) is 5.63. The molecular formula is C18H23N3O3S. The molecule has 1 aromatic carbocycles. The van der Waals surface area contributed by atoms with Crippen LogP contribution in [0.25, 0.3) is 0 Å². The predicted octanol–water partition coefficient (Wildman–Crippen LogP) is 2.55. The second-order valence-corrected chi connectivity index (χ2v) is 7.82. The highest BCUT2D eigenvalue weighted by molar-refractivity contribution is 8.00. The monoisotopic (exact) mass is 361 g/mol. The van der Waals surface area contributed by atoms with Crippen LogP contribution in [0.4, 0.5) is 10.5 Å². The molecule has 2 saturated heterocycles. The van der Waals surface area contributed by atoms with Gasteiger partial charge in [0.1, 0.15) is 0 Å². The van der Waals surface area contributed by atoms with Crippen molar-refractivity contribution in [3.8, 4) is 0 Å². The molecule has 2 aliphatic heterocycles. The van der Waals surface area contributed by atoms with Crippen molar-refractivity contribution in [1.82, 2.24) is 10.6 Å². The first-order valence-corrected chi connectivity index (χ1v) is 9.67. The minimum absolute atomic E-state index is 0.0167. The topological polar surface area (TPSA) is 87.3 Å². The van der Waals surface area contributed by atoms with E-state index in [0.29, 0.717) is 22.9 Å². The Labute approximate surface area is 151 Å². The number of nitrogens with one attached hydrogen (secondary N) is 3. The molecule has 0 spiro atoms. The summed E-state index contributed by atoms with van der Waals surface area (Å²) < 4.78 is 0. The zero-order valence-corrected chi connectivity index (χ0v) is 15.0. The largest absolute Gasteiger partial charge is 0.332 e. The number of hydrogen-bond donors (Lipinski definition) is 3. The van der Waals surface area contributed by atoms with Gasteiger partial charge in [-0.05, 0) is 31.9 Å². The summed E-state index contributed by atoms with van der Waals surface area (Å²) in [7, 11) is 0. The van der Waals surface area contributed by atoms with Gasteiger partial charge in [-0.25, -0.2) is 4.79 Å². The molecule has 0 radical (unpaired) electrons. The van der Waals surface area contributed by atoms with Gasteiger partial charge in [-0.15, -0.1) is 0 Å². The van der Waals surface area contributed by atoms with Crippen molar-refractivity contribution in [3.05, 3.63) is 29.8 Å². The van der Waals surface area contributed by atoms with Crippen LogP contribution in [0.2, 0.25) is 0 Å². The molecule has 7 heteroatoms. The lowest BCUT2D eigenvalue weighted by Gasteiger charge is -2.16. The number of hydrogen-bond acceptors (Lipinski definition) is 4. The van der Waals surface area contributed by atoms with Gasteiger partial charge in [-0.2, -0.15) is 11.8 Å². The number of thioether (sulfide) groups is 1. The fraction of sp³-hybridized carbons (Fsp3) is 0.500. The standard InChI is InChI=1S/C18H23N3O3S/c1-11(22)12-5-4-6-13(9-12)19-16(23)8-3-2-7-15-17-14(10-25-15)20-18(24)21-17/h4-6,9,14-15,17H,2-3,7-8,10H2,1H3,(H,19,23)(H2,20,21,24)/t14-,15-,17+/m0/s1. The molecule has 3 N–H and O–H groups in total. The Morgan fingerprint density at radius 3 is 2.92 bits per heavy atom. The van der Waals surface area contributed by atoms with Crippen molar-refractivity contribution in [2.45, 2.75) is 49.9 Å². The SMILES string of the molecule is CC(=O)c1cccc(NC(=O)CCCC[C@@H]2SC[C@@H]3NC(=O)N[C@H]32)c1. The molecule has 0 aliphatic carbocycles. The van der Waals surface area contributed by atoms with Gasteiger partial charge < -0.3 is 16.0 Å². The van der Waals surface area contributed by atoms with Crippen molar-refractivity contribution in [2.75, 3.05) is 11.1 Å². The number of rotatable bonds is 7. The summed E-state index contributed by atoms with van der Waals surface area (Å²) in [4.78, 5) is 34.8. The van der Waals surface area contributed by atoms with Gasteiger partial charge >= 0.3 is 6.03 Å². The molecule has 0 unspecified atom stereocenters. The molecule has 2 fully saturated rings. The summed E-state index contributed by atoms with van der Waals surface area (Å²) in [5.74, 6) is 0.909. The number of urea groups is 1. The van der Waals surface area contributed by atoms with Crippen LogP contribution in [0.1, 0.15) is 43.0 Å². The Hall–Kier alpha value is -2.02. The number of benzene rings is 1. The van der Waals surface area contributed by atoms with Gasteiger partial charge in [-0.1, -0.05) is 18.6 Å². The van der Waals surface area contributed by atoms with E-state index in [2.05, 4.69) is 16.0 Å². The number of carbonyl (C=O) groups excluding carboxylic acids is 3. The van der Waals surface area contributed by atoms with E-state index >= 15 is 0 Å². The number of amides is 3. The second kappa shape index (κ2) is 7.91. The molecule has 25 heavy (non-hydrogen) atoms. The van der Waals surface area contributed by atoms with E-state index in [0.717, 1.165) is 25.0 Å². The van der Waals surface area contributed by atoms with Gasteiger partial charge in [-0.3, -0.25) is 9.59 Å². The minimum Gasteiger partial charge on any atom is -0.332 e.